The fourth-order valence-corrected chi connectivity index (χ4v) is 1.75. The highest BCUT2D eigenvalue weighted by molar-refractivity contribution is 5.94. The van der Waals surface area contributed by atoms with Crippen molar-refractivity contribution in [1.82, 2.24) is 0 Å². The van der Waals surface area contributed by atoms with E-state index in [0.29, 0.717) is 18.0 Å². The van der Waals surface area contributed by atoms with E-state index in [-0.39, 0.29) is 11.6 Å². The second kappa shape index (κ2) is 5.14. The Hall–Kier alpha value is -1.95. The first kappa shape index (κ1) is 12.5. The van der Waals surface area contributed by atoms with Gasteiger partial charge in [-0.2, -0.15) is 0 Å². The van der Waals surface area contributed by atoms with Crippen LogP contribution in [0, 0.1) is 16.0 Å². The van der Waals surface area contributed by atoms with Crippen LogP contribution in [0.5, 0.6) is 0 Å². The van der Waals surface area contributed by atoms with Gasteiger partial charge in [-0.25, -0.2) is 0 Å². The minimum absolute atomic E-state index is 0.0523. The van der Waals surface area contributed by atoms with Crippen molar-refractivity contribution < 1.29 is 9.72 Å². The topological polar surface area (TPSA) is 98.3 Å². The predicted molar refractivity (Wildman–Crippen MR) is 67.0 cm³/mol. The third kappa shape index (κ3) is 3.27. The quantitative estimate of drug-likeness (QED) is 0.612. The summed E-state index contributed by atoms with van der Waals surface area (Å²) in [7, 11) is 0. The fourth-order valence-electron chi connectivity index (χ4n) is 1.75. The zero-order chi connectivity index (χ0) is 13.1. The molecule has 0 radical (unpaired) electrons. The standard InChI is InChI=1S/C12H15N3O3/c13-11(6-8-4-5-8)12(16)14-9-2-1-3-10(7-9)15(17)18/h1-3,7-8,11H,4-6,13H2,(H,14,16). The Kier molecular flexibility index (Phi) is 3.57. The number of rotatable bonds is 5. The molecule has 3 N–H and O–H groups in total. The van der Waals surface area contributed by atoms with Crippen LogP contribution < -0.4 is 11.1 Å². The first-order valence-corrected chi connectivity index (χ1v) is 5.87. The average molecular weight is 249 g/mol. The van der Waals surface area contributed by atoms with Crippen molar-refractivity contribution in [3.63, 3.8) is 0 Å². The average Bonchev–Trinajstić information content (AvgIpc) is 3.13. The number of benzene rings is 1. The van der Waals surface area contributed by atoms with Crippen molar-refractivity contribution in [3.05, 3.63) is 34.4 Å². The van der Waals surface area contributed by atoms with Crippen molar-refractivity contribution in [3.8, 4) is 0 Å². The van der Waals surface area contributed by atoms with Crippen molar-refractivity contribution in [2.45, 2.75) is 25.3 Å². The lowest BCUT2D eigenvalue weighted by Gasteiger charge is -2.11. The van der Waals surface area contributed by atoms with Gasteiger partial charge in [0, 0.05) is 17.8 Å². The van der Waals surface area contributed by atoms with E-state index in [2.05, 4.69) is 5.32 Å². The Morgan fingerprint density at radius 3 is 2.89 bits per heavy atom. The number of hydrogen-bond donors (Lipinski definition) is 2. The molecule has 96 valence electrons. The summed E-state index contributed by atoms with van der Waals surface area (Å²) < 4.78 is 0. The summed E-state index contributed by atoms with van der Waals surface area (Å²) in [5.74, 6) is 0.276. The van der Waals surface area contributed by atoms with Gasteiger partial charge in [0.05, 0.1) is 11.0 Å². The molecule has 2 rings (SSSR count). The van der Waals surface area contributed by atoms with Crippen molar-refractivity contribution >= 4 is 17.3 Å². The van der Waals surface area contributed by atoms with Gasteiger partial charge in [-0.05, 0) is 18.4 Å². The number of nitro benzene ring substituents is 1. The maximum Gasteiger partial charge on any atom is 0.271 e. The Balaban J connectivity index is 1.97. The second-order valence-electron chi connectivity index (χ2n) is 4.58. The van der Waals surface area contributed by atoms with E-state index in [1.807, 2.05) is 0 Å². The molecule has 6 heteroatoms. The number of nitrogens with one attached hydrogen (secondary N) is 1. The molecule has 6 nitrogen and oxygen atoms in total. The monoisotopic (exact) mass is 249 g/mol. The summed E-state index contributed by atoms with van der Waals surface area (Å²) in [5, 5.41) is 13.2. The van der Waals surface area contributed by atoms with Gasteiger partial charge >= 0.3 is 0 Å². The molecule has 1 aliphatic rings. The molecule has 1 fully saturated rings. The van der Waals surface area contributed by atoms with Gasteiger partial charge in [-0.3, -0.25) is 14.9 Å². The first-order valence-electron chi connectivity index (χ1n) is 5.87. The van der Waals surface area contributed by atoms with Crippen LogP contribution in [-0.2, 0) is 4.79 Å². The summed E-state index contributed by atoms with van der Waals surface area (Å²) in [6, 6.07) is 5.29. The smallest absolute Gasteiger partial charge is 0.271 e. The van der Waals surface area contributed by atoms with Gasteiger partial charge in [0.2, 0.25) is 5.91 Å². The first-order chi connectivity index (χ1) is 8.56. The molecule has 1 amide bonds. The molecular formula is C12H15N3O3. The van der Waals surface area contributed by atoms with E-state index in [4.69, 9.17) is 5.73 Å². The lowest BCUT2D eigenvalue weighted by Crippen LogP contribution is -2.35. The summed E-state index contributed by atoms with van der Waals surface area (Å²) >= 11 is 0. The van der Waals surface area contributed by atoms with E-state index in [0.717, 1.165) is 12.8 Å². The molecule has 0 saturated heterocycles. The number of amides is 1. The summed E-state index contributed by atoms with van der Waals surface area (Å²) in [6.07, 6.45) is 2.95. The van der Waals surface area contributed by atoms with Crippen LogP contribution in [-0.4, -0.2) is 16.9 Å². The Labute approximate surface area is 104 Å². The van der Waals surface area contributed by atoms with Gasteiger partial charge in [0.1, 0.15) is 0 Å². The zero-order valence-corrected chi connectivity index (χ0v) is 9.83. The Bertz CT molecular complexity index is 471. The van der Waals surface area contributed by atoms with Gasteiger partial charge in [-0.1, -0.05) is 18.9 Å². The molecule has 1 atom stereocenters. The lowest BCUT2D eigenvalue weighted by molar-refractivity contribution is -0.384. The van der Waals surface area contributed by atoms with E-state index >= 15 is 0 Å². The summed E-state index contributed by atoms with van der Waals surface area (Å²) in [6.45, 7) is 0. The Morgan fingerprint density at radius 1 is 1.56 bits per heavy atom. The molecule has 1 aromatic rings. The van der Waals surface area contributed by atoms with E-state index in [1.165, 1.54) is 18.2 Å². The number of carbonyl (C=O) groups excluding carboxylic acids is 1. The fraction of sp³-hybridized carbons (Fsp3) is 0.417. The maximum atomic E-state index is 11.8. The number of hydrogen-bond acceptors (Lipinski definition) is 4. The van der Waals surface area contributed by atoms with Crippen LogP contribution in [0.2, 0.25) is 0 Å². The molecule has 1 saturated carbocycles. The van der Waals surface area contributed by atoms with Crippen LogP contribution in [0.1, 0.15) is 19.3 Å². The highest BCUT2D eigenvalue weighted by Crippen LogP contribution is 2.33. The molecule has 0 aromatic heterocycles. The Morgan fingerprint density at radius 2 is 2.28 bits per heavy atom. The molecule has 0 spiro atoms. The number of carbonyl (C=O) groups is 1. The third-order valence-corrected chi connectivity index (χ3v) is 2.95. The molecule has 1 unspecified atom stereocenters. The van der Waals surface area contributed by atoms with Gasteiger partial charge in [0.15, 0.2) is 0 Å². The molecule has 0 bridgehead atoms. The molecule has 0 aliphatic heterocycles. The molecular weight excluding hydrogens is 234 g/mol. The summed E-state index contributed by atoms with van der Waals surface area (Å²) in [4.78, 5) is 21.8. The largest absolute Gasteiger partial charge is 0.324 e. The maximum absolute atomic E-state index is 11.8. The minimum atomic E-state index is -0.545. The SMILES string of the molecule is NC(CC1CC1)C(=O)Nc1cccc([N+](=O)[O-])c1. The van der Waals surface area contributed by atoms with Crippen LogP contribution >= 0.6 is 0 Å². The zero-order valence-electron chi connectivity index (χ0n) is 9.83. The van der Waals surface area contributed by atoms with Gasteiger partial charge in [0.25, 0.3) is 5.69 Å². The van der Waals surface area contributed by atoms with Crippen LogP contribution in [0.4, 0.5) is 11.4 Å². The van der Waals surface area contributed by atoms with E-state index < -0.39 is 11.0 Å². The molecule has 1 aromatic carbocycles. The van der Waals surface area contributed by atoms with Gasteiger partial charge in [-0.15, -0.1) is 0 Å². The normalized spacial score (nSPS) is 16.1. The molecule has 0 heterocycles. The number of nitrogens with two attached hydrogens (primary N) is 1. The highest BCUT2D eigenvalue weighted by Gasteiger charge is 2.27. The van der Waals surface area contributed by atoms with Crippen molar-refractivity contribution in [2.75, 3.05) is 5.32 Å². The third-order valence-electron chi connectivity index (χ3n) is 2.95. The number of non-ortho nitro benzene ring substituents is 1. The van der Waals surface area contributed by atoms with Crippen LogP contribution in [0.3, 0.4) is 0 Å². The van der Waals surface area contributed by atoms with Crippen LogP contribution in [0.15, 0.2) is 24.3 Å². The van der Waals surface area contributed by atoms with Crippen molar-refractivity contribution in [2.24, 2.45) is 11.7 Å². The lowest BCUT2D eigenvalue weighted by atomic mass is 10.1. The summed E-state index contributed by atoms with van der Waals surface area (Å²) in [5.41, 5.74) is 6.11. The predicted octanol–water partition coefficient (Wildman–Crippen LogP) is 1.66. The number of nitrogens with zero attached hydrogens (tertiary/aromatic N) is 1. The van der Waals surface area contributed by atoms with E-state index in [1.54, 1.807) is 6.07 Å². The van der Waals surface area contributed by atoms with E-state index in [9.17, 15) is 14.9 Å². The molecule has 1 aliphatic carbocycles. The molecule has 18 heavy (non-hydrogen) atoms. The van der Waals surface area contributed by atoms with Crippen LogP contribution in [0.25, 0.3) is 0 Å². The van der Waals surface area contributed by atoms with Crippen molar-refractivity contribution in [1.29, 1.82) is 0 Å². The minimum Gasteiger partial charge on any atom is -0.324 e. The second-order valence-corrected chi connectivity index (χ2v) is 4.58. The number of anilines is 1. The van der Waals surface area contributed by atoms with Gasteiger partial charge < -0.3 is 11.1 Å². The highest BCUT2D eigenvalue weighted by atomic mass is 16.6. The number of nitro groups is 1.